The zero-order chi connectivity index (χ0) is 17.9. The number of phenols is 1. The van der Waals surface area contributed by atoms with Crippen LogP contribution < -0.4 is 5.32 Å². The number of aliphatic hydroxyl groups excluding tert-OH is 1. The van der Waals surface area contributed by atoms with Crippen molar-refractivity contribution in [2.24, 2.45) is 0 Å². The summed E-state index contributed by atoms with van der Waals surface area (Å²) in [5.41, 5.74) is -0.116. The number of carbonyl (C=O) groups is 1. The number of aliphatic hydroxyl groups is 1. The molecule has 2 unspecified atom stereocenters. The highest BCUT2D eigenvalue weighted by Crippen LogP contribution is 2.26. The lowest BCUT2D eigenvalue weighted by Crippen LogP contribution is -2.41. The summed E-state index contributed by atoms with van der Waals surface area (Å²) >= 11 is 0. The van der Waals surface area contributed by atoms with Crippen molar-refractivity contribution in [1.29, 1.82) is 0 Å². The summed E-state index contributed by atoms with van der Waals surface area (Å²) in [6.45, 7) is 4.30. The Labute approximate surface area is 142 Å². The van der Waals surface area contributed by atoms with Crippen LogP contribution in [0.2, 0.25) is 0 Å². The molecule has 2 rings (SSSR count). The van der Waals surface area contributed by atoms with Gasteiger partial charge in [-0.1, -0.05) is 6.92 Å². The number of hydrogen-bond acceptors (Lipinski definition) is 5. The summed E-state index contributed by atoms with van der Waals surface area (Å²) < 4.78 is 26.5. The molecule has 1 fully saturated rings. The van der Waals surface area contributed by atoms with Crippen molar-refractivity contribution in [2.75, 3.05) is 13.1 Å². The molecule has 0 radical (unpaired) electrons. The van der Waals surface area contributed by atoms with Crippen LogP contribution in [-0.4, -0.2) is 54.1 Å². The van der Waals surface area contributed by atoms with Gasteiger partial charge in [0.1, 0.15) is 5.75 Å². The van der Waals surface area contributed by atoms with Gasteiger partial charge in [-0.05, 0) is 44.4 Å². The van der Waals surface area contributed by atoms with Crippen molar-refractivity contribution >= 4 is 15.9 Å². The maximum Gasteiger partial charge on any atom is 0.255 e. The lowest BCUT2D eigenvalue weighted by molar-refractivity contribution is 0.0852. The quantitative estimate of drug-likeness (QED) is 0.707. The van der Waals surface area contributed by atoms with E-state index in [0.717, 1.165) is 12.8 Å². The van der Waals surface area contributed by atoms with E-state index in [1.807, 2.05) is 6.92 Å². The van der Waals surface area contributed by atoms with Crippen LogP contribution in [0.4, 0.5) is 0 Å². The maximum absolute atomic E-state index is 12.6. The molecule has 24 heavy (non-hydrogen) atoms. The molecule has 0 saturated carbocycles. The SMILES string of the molecule is CCC(NC(=O)c1cc(S(=O)(=O)N2CCCC2)ccc1O)C(C)O. The lowest BCUT2D eigenvalue weighted by Gasteiger charge is -2.20. The van der Waals surface area contributed by atoms with Crippen LogP contribution in [0.5, 0.6) is 5.75 Å². The van der Waals surface area contributed by atoms with Gasteiger partial charge < -0.3 is 15.5 Å². The summed E-state index contributed by atoms with van der Waals surface area (Å²) in [7, 11) is -3.67. The Bertz CT molecular complexity index is 696. The van der Waals surface area contributed by atoms with Crippen LogP contribution in [0.15, 0.2) is 23.1 Å². The van der Waals surface area contributed by atoms with Crippen LogP contribution in [0.1, 0.15) is 43.5 Å². The molecule has 1 aliphatic heterocycles. The third-order valence-electron chi connectivity index (χ3n) is 4.25. The van der Waals surface area contributed by atoms with Gasteiger partial charge in [-0.2, -0.15) is 4.31 Å². The second-order valence-corrected chi connectivity index (χ2v) is 7.96. The zero-order valence-electron chi connectivity index (χ0n) is 13.9. The Morgan fingerprint density at radius 1 is 1.33 bits per heavy atom. The number of rotatable bonds is 6. The Kier molecular flexibility index (Phi) is 5.84. The van der Waals surface area contributed by atoms with E-state index in [1.54, 1.807) is 6.92 Å². The molecular weight excluding hydrogens is 332 g/mol. The molecule has 134 valence electrons. The van der Waals surface area contributed by atoms with Crippen molar-refractivity contribution in [1.82, 2.24) is 9.62 Å². The Balaban J connectivity index is 2.30. The first-order valence-electron chi connectivity index (χ1n) is 8.09. The average molecular weight is 356 g/mol. The van der Waals surface area contributed by atoms with Gasteiger partial charge in [-0.15, -0.1) is 0 Å². The molecule has 1 aliphatic rings. The van der Waals surface area contributed by atoms with E-state index in [9.17, 15) is 23.4 Å². The number of amides is 1. The van der Waals surface area contributed by atoms with Crippen LogP contribution in [-0.2, 0) is 10.0 Å². The van der Waals surface area contributed by atoms with Crippen LogP contribution in [0, 0.1) is 0 Å². The van der Waals surface area contributed by atoms with Gasteiger partial charge >= 0.3 is 0 Å². The third-order valence-corrected chi connectivity index (χ3v) is 6.15. The normalized spacial score (nSPS) is 18.3. The number of carbonyl (C=O) groups excluding carboxylic acids is 1. The molecule has 1 heterocycles. The molecule has 1 saturated heterocycles. The molecule has 1 aromatic carbocycles. The van der Waals surface area contributed by atoms with Crippen LogP contribution >= 0.6 is 0 Å². The summed E-state index contributed by atoms with van der Waals surface area (Å²) in [6, 6.07) is 3.22. The molecule has 1 aromatic rings. The molecule has 0 aliphatic carbocycles. The molecule has 7 nitrogen and oxygen atoms in total. The van der Waals surface area contributed by atoms with E-state index in [0.29, 0.717) is 19.5 Å². The smallest absolute Gasteiger partial charge is 0.255 e. The predicted molar refractivity (Wildman–Crippen MR) is 89.3 cm³/mol. The topological polar surface area (TPSA) is 107 Å². The first kappa shape index (κ1) is 18.7. The Morgan fingerprint density at radius 3 is 2.50 bits per heavy atom. The number of nitrogens with zero attached hydrogens (tertiary/aromatic N) is 1. The number of phenolic OH excluding ortho intramolecular Hbond substituents is 1. The van der Waals surface area contributed by atoms with E-state index in [4.69, 9.17) is 0 Å². The minimum absolute atomic E-state index is 0.0163. The van der Waals surface area contributed by atoms with Gasteiger partial charge in [0.05, 0.1) is 22.6 Å². The fourth-order valence-corrected chi connectivity index (χ4v) is 4.29. The summed E-state index contributed by atoms with van der Waals surface area (Å²) in [5.74, 6) is -0.910. The number of aromatic hydroxyl groups is 1. The fraction of sp³-hybridized carbons (Fsp3) is 0.562. The highest BCUT2D eigenvalue weighted by atomic mass is 32.2. The van der Waals surface area contributed by atoms with Crippen molar-refractivity contribution in [2.45, 2.75) is 50.2 Å². The summed E-state index contributed by atoms with van der Waals surface area (Å²) in [6.07, 6.45) is 1.39. The molecular formula is C16H24N2O5S. The predicted octanol–water partition coefficient (Wildman–Crippen LogP) is 1.07. The monoisotopic (exact) mass is 356 g/mol. The summed E-state index contributed by atoms with van der Waals surface area (Å²) in [5, 5.41) is 22.2. The molecule has 0 bridgehead atoms. The Hall–Kier alpha value is -1.64. The first-order chi connectivity index (χ1) is 11.3. The number of hydrogen-bond donors (Lipinski definition) is 3. The summed E-state index contributed by atoms with van der Waals surface area (Å²) in [4.78, 5) is 12.3. The third kappa shape index (κ3) is 3.88. The van der Waals surface area contributed by atoms with Gasteiger partial charge in [0, 0.05) is 13.1 Å². The van der Waals surface area contributed by atoms with E-state index in [1.165, 1.54) is 22.5 Å². The molecule has 2 atom stereocenters. The van der Waals surface area contributed by atoms with Crippen molar-refractivity contribution < 1.29 is 23.4 Å². The Morgan fingerprint density at radius 2 is 1.96 bits per heavy atom. The van der Waals surface area contributed by atoms with E-state index in [2.05, 4.69) is 5.32 Å². The molecule has 8 heteroatoms. The largest absolute Gasteiger partial charge is 0.507 e. The molecule has 0 spiro atoms. The fourth-order valence-electron chi connectivity index (χ4n) is 2.74. The van der Waals surface area contributed by atoms with E-state index in [-0.39, 0.29) is 16.2 Å². The van der Waals surface area contributed by atoms with Crippen LogP contribution in [0.3, 0.4) is 0 Å². The second-order valence-electron chi connectivity index (χ2n) is 6.02. The standard InChI is InChI=1S/C16H24N2O5S/c1-3-14(11(2)19)17-16(21)13-10-12(6-7-15(13)20)24(22,23)18-8-4-5-9-18/h6-7,10-11,14,19-20H,3-5,8-9H2,1-2H3,(H,17,21). The van der Waals surface area contributed by atoms with Gasteiger partial charge in [0.15, 0.2) is 0 Å². The number of nitrogens with one attached hydrogen (secondary N) is 1. The number of sulfonamides is 1. The maximum atomic E-state index is 12.6. The van der Waals surface area contributed by atoms with E-state index >= 15 is 0 Å². The average Bonchev–Trinajstić information content (AvgIpc) is 3.07. The van der Waals surface area contributed by atoms with Crippen molar-refractivity contribution in [3.8, 4) is 5.75 Å². The molecule has 3 N–H and O–H groups in total. The number of benzene rings is 1. The van der Waals surface area contributed by atoms with Gasteiger partial charge in [-0.3, -0.25) is 4.79 Å². The first-order valence-corrected chi connectivity index (χ1v) is 9.53. The highest BCUT2D eigenvalue weighted by molar-refractivity contribution is 7.89. The highest BCUT2D eigenvalue weighted by Gasteiger charge is 2.29. The van der Waals surface area contributed by atoms with Gasteiger partial charge in [0.25, 0.3) is 5.91 Å². The van der Waals surface area contributed by atoms with Crippen LogP contribution in [0.25, 0.3) is 0 Å². The van der Waals surface area contributed by atoms with E-state index < -0.39 is 28.1 Å². The lowest BCUT2D eigenvalue weighted by atomic mass is 10.1. The minimum atomic E-state index is -3.67. The molecule has 0 aromatic heterocycles. The van der Waals surface area contributed by atoms with Crippen molar-refractivity contribution in [3.05, 3.63) is 23.8 Å². The van der Waals surface area contributed by atoms with Gasteiger partial charge in [-0.25, -0.2) is 8.42 Å². The van der Waals surface area contributed by atoms with Gasteiger partial charge in [0.2, 0.25) is 10.0 Å². The molecule has 1 amide bonds. The minimum Gasteiger partial charge on any atom is -0.507 e. The van der Waals surface area contributed by atoms with Crippen molar-refractivity contribution in [3.63, 3.8) is 0 Å². The second kappa shape index (κ2) is 7.50. The zero-order valence-corrected chi connectivity index (χ0v) is 14.7.